The van der Waals surface area contributed by atoms with Crippen molar-refractivity contribution in [2.75, 3.05) is 0 Å². The van der Waals surface area contributed by atoms with Crippen molar-refractivity contribution in [1.82, 2.24) is 4.98 Å². The van der Waals surface area contributed by atoms with Gasteiger partial charge >= 0.3 is 0 Å². The maximum absolute atomic E-state index is 5.89. The lowest BCUT2D eigenvalue weighted by Gasteiger charge is -2.11. The molecule has 1 heterocycles. The quantitative estimate of drug-likeness (QED) is 0.907. The summed E-state index contributed by atoms with van der Waals surface area (Å²) in [6, 6.07) is 7.34. The SMILES string of the molecule is Cc1cc(Cl)ccc1Oc1cnccc1CN. The van der Waals surface area contributed by atoms with E-state index >= 15 is 0 Å². The van der Waals surface area contributed by atoms with Gasteiger partial charge in [0.15, 0.2) is 0 Å². The van der Waals surface area contributed by atoms with Crippen molar-refractivity contribution in [1.29, 1.82) is 0 Å². The van der Waals surface area contributed by atoms with Gasteiger partial charge in [0, 0.05) is 23.3 Å². The lowest BCUT2D eigenvalue weighted by molar-refractivity contribution is 0.470. The number of aryl methyl sites for hydroxylation is 1. The Morgan fingerprint density at radius 2 is 2.12 bits per heavy atom. The molecule has 1 aromatic heterocycles. The molecule has 3 nitrogen and oxygen atoms in total. The van der Waals surface area contributed by atoms with Crippen LogP contribution in [-0.4, -0.2) is 4.98 Å². The Hall–Kier alpha value is -1.58. The van der Waals surface area contributed by atoms with Gasteiger partial charge in [-0.15, -0.1) is 0 Å². The molecule has 0 amide bonds. The molecule has 2 N–H and O–H groups in total. The Kier molecular flexibility index (Phi) is 3.61. The Labute approximate surface area is 105 Å². The van der Waals surface area contributed by atoms with Crippen molar-refractivity contribution in [3.8, 4) is 11.5 Å². The zero-order valence-corrected chi connectivity index (χ0v) is 10.2. The van der Waals surface area contributed by atoms with Crippen LogP contribution in [-0.2, 0) is 6.54 Å². The number of hydrogen-bond acceptors (Lipinski definition) is 3. The monoisotopic (exact) mass is 248 g/mol. The van der Waals surface area contributed by atoms with E-state index in [-0.39, 0.29) is 0 Å². The first kappa shape index (κ1) is 11.9. The van der Waals surface area contributed by atoms with Crippen molar-refractivity contribution in [2.45, 2.75) is 13.5 Å². The van der Waals surface area contributed by atoms with E-state index in [0.717, 1.165) is 16.9 Å². The molecule has 2 rings (SSSR count). The van der Waals surface area contributed by atoms with Crippen LogP contribution >= 0.6 is 11.6 Å². The molecule has 0 spiro atoms. The lowest BCUT2D eigenvalue weighted by atomic mass is 10.2. The number of rotatable bonds is 3. The number of pyridine rings is 1. The third kappa shape index (κ3) is 2.75. The summed E-state index contributed by atoms with van der Waals surface area (Å²) in [5, 5.41) is 0.695. The van der Waals surface area contributed by atoms with Gasteiger partial charge in [0.1, 0.15) is 11.5 Å². The molecule has 0 saturated heterocycles. The van der Waals surface area contributed by atoms with E-state index in [2.05, 4.69) is 4.98 Å². The molecule has 0 bridgehead atoms. The minimum absolute atomic E-state index is 0.421. The molecule has 0 saturated carbocycles. The average Bonchev–Trinajstić information content (AvgIpc) is 2.33. The van der Waals surface area contributed by atoms with Crippen LogP contribution in [0.1, 0.15) is 11.1 Å². The third-order valence-electron chi connectivity index (χ3n) is 2.45. The first-order valence-corrected chi connectivity index (χ1v) is 5.65. The number of nitrogens with zero attached hydrogens (tertiary/aromatic N) is 1. The molecule has 0 aliphatic heterocycles. The fourth-order valence-corrected chi connectivity index (χ4v) is 1.74. The van der Waals surface area contributed by atoms with Gasteiger partial charge in [-0.05, 0) is 36.8 Å². The molecule has 0 unspecified atom stereocenters. The fourth-order valence-electron chi connectivity index (χ4n) is 1.52. The van der Waals surface area contributed by atoms with Crippen molar-refractivity contribution in [3.63, 3.8) is 0 Å². The van der Waals surface area contributed by atoms with Crippen LogP contribution < -0.4 is 10.5 Å². The highest BCUT2D eigenvalue weighted by Crippen LogP contribution is 2.28. The maximum Gasteiger partial charge on any atom is 0.150 e. The van der Waals surface area contributed by atoms with E-state index in [0.29, 0.717) is 17.3 Å². The molecule has 0 aliphatic rings. The topological polar surface area (TPSA) is 48.1 Å². The second kappa shape index (κ2) is 5.17. The maximum atomic E-state index is 5.89. The van der Waals surface area contributed by atoms with Gasteiger partial charge in [0.05, 0.1) is 6.20 Å². The van der Waals surface area contributed by atoms with Gasteiger partial charge in [-0.2, -0.15) is 0 Å². The van der Waals surface area contributed by atoms with Gasteiger partial charge in [0.25, 0.3) is 0 Å². The molecule has 0 radical (unpaired) electrons. The van der Waals surface area contributed by atoms with Crippen LogP contribution in [0, 0.1) is 6.92 Å². The van der Waals surface area contributed by atoms with Crippen LogP contribution in [0.3, 0.4) is 0 Å². The van der Waals surface area contributed by atoms with E-state index in [1.165, 1.54) is 0 Å². The van der Waals surface area contributed by atoms with E-state index in [1.807, 2.05) is 25.1 Å². The molecule has 17 heavy (non-hydrogen) atoms. The van der Waals surface area contributed by atoms with Crippen LogP contribution in [0.25, 0.3) is 0 Å². The zero-order valence-electron chi connectivity index (χ0n) is 9.48. The third-order valence-corrected chi connectivity index (χ3v) is 2.68. The summed E-state index contributed by atoms with van der Waals surface area (Å²) in [6.45, 7) is 2.37. The van der Waals surface area contributed by atoms with Crippen molar-refractivity contribution in [2.24, 2.45) is 5.73 Å². The Morgan fingerprint density at radius 1 is 1.29 bits per heavy atom. The first-order chi connectivity index (χ1) is 8.20. The number of halogens is 1. The van der Waals surface area contributed by atoms with Crippen LogP contribution in [0.2, 0.25) is 5.02 Å². The number of nitrogens with two attached hydrogens (primary N) is 1. The molecule has 4 heteroatoms. The minimum atomic E-state index is 0.421. The van der Waals surface area contributed by atoms with Gasteiger partial charge in [-0.3, -0.25) is 4.98 Å². The number of ether oxygens (including phenoxy) is 1. The van der Waals surface area contributed by atoms with E-state index < -0.39 is 0 Å². The van der Waals surface area contributed by atoms with Gasteiger partial charge in [0.2, 0.25) is 0 Å². The van der Waals surface area contributed by atoms with Gasteiger partial charge < -0.3 is 10.5 Å². The molecule has 0 atom stereocenters. The van der Waals surface area contributed by atoms with Crippen molar-refractivity contribution >= 4 is 11.6 Å². The largest absolute Gasteiger partial charge is 0.455 e. The Balaban J connectivity index is 2.31. The number of aromatic nitrogens is 1. The zero-order chi connectivity index (χ0) is 12.3. The molecule has 1 aromatic carbocycles. The van der Waals surface area contributed by atoms with E-state index in [1.54, 1.807) is 18.5 Å². The fraction of sp³-hybridized carbons (Fsp3) is 0.154. The molecular weight excluding hydrogens is 236 g/mol. The summed E-state index contributed by atoms with van der Waals surface area (Å²) in [4.78, 5) is 4.03. The highest BCUT2D eigenvalue weighted by atomic mass is 35.5. The van der Waals surface area contributed by atoms with Crippen molar-refractivity contribution in [3.05, 3.63) is 52.8 Å². The predicted octanol–water partition coefficient (Wildman–Crippen LogP) is 3.29. The standard InChI is InChI=1S/C13H13ClN2O/c1-9-6-11(14)2-3-12(9)17-13-8-16-5-4-10(13)7-15/h2-6,8H,7,15H2,1H3. The normalized spacial score (nSPS) is 10.3. The lowest BCUT2D eigenvalue weighted by Crippen LogP contribution is -2.00. The number of benzene rings is 1. The first-order valence-electron chi connectivity index (χ1n) is 5.27. The summed E-state index contributed by atoms with van der Waals surface area (Å²) in [7, 11) is 0. The molecule has 88 valence electrons. The summed E-state index contributed by atoms with van der Waals surface area (Å²) < 4.78 is 5.79. The minimum Gasteiger partial charge on any atom is -0.455 e. The van der Waals surface area contributed by atoms with E-state index in [4.69, 9.17) is 22.1 Å². The predicted molar refractivity (Wildman–Crippen MR) is 68.4 cm³/mol. The smallest absolute Gasteiger partial charge is 0.150 e. The summed E-state index contributed by atoms with van der Waals surface area (Å²) in [5.74, 6) is 1.44. The van der Waals surface area contributed by atoms with Crippen LogP contribution in [0.5, 0.6) is 11.5 Å². The highest BCUT2D eigenvalue weighted by Gasteiger charge is 2.06. The van der Waals surface area contributed by atoms with E-state index in [9.17, 15) is 0 Å². The summed E-state index contributed by atoms with van der Waals surface area (Å²) in [5.41, 5.74) is 7.54. The molecular formula is C13H13ClN2O. The molecule has 0 aliphatic carbocycles. The number of hydrogen-bond donors (Lipinski definition) is 1. The van der Waals surface area contributed by atoms with Crippen LogP contribution in [0.15, 0.2) is 36.7 Å². The summed E-state index contributed by atoms with van der Waals surface area (Å²) in [6.07, 6.45) is 3.36. The molecule has 0 fully saturated rings. The second-order valence-corrected chi connectivity index (χ2v) is 4.14. The summed E-state index contributed by atoms with van der Waals surface area (Å²) >= 11 is 5.89. The van der Waals surface area contributed by atoms with Crippen molar-refractivity contribution < 1.29 is 4.74 Å². The average molecular weight is 249 g/mol. The highest BCUT2D eigenvalue weighted by molar-refractivity contribution is 6.30. The van der Waals surface area contributed by atoms with Gasteiger partial charge in [-0.25, -0.2) is 0 Å². The molecule has 2 aromatic rings. The Morgan fingerprint density at radius 3 is 2.82 bits per heavy atom. The Bertz CT molecular complexity index is 529. The van der Waals surface area contributed by atoms with Gasteiger partial charge in [-0.1, -0.05) is 11.6 Å². The van der Waals surface area contributed by atoms with Crippen LogP contribution in [0.4, 0.5) is 0 Å². The second-order valence-electron chi connectivity index (χ2n) is 3.70.